The standard InChI is InChI=1S/C26H33N5O/c1-20-18-25(27-15-12-21-8-10-24(32-2)11-9-21)30-26(28-20)29-23-13-16-31(17-14-23)19-22-6-4-3-5-7-22/h3-11,18,23H,12-17,19H2,1-2H3,(H2,27,28,29,30). The second kappa shape index (κ2) is 11.0. The van der Waals surface area contributed by atoms with Gasteiger partial charge >= 0.3 is 0 Å². The Balaban J connectivity index is 1.25. The van der Waals surface area contributed by atoms with Gasteiger partial charge in [-0.2, -0.15) is 4.98 Å². The maximum Gasteiger partial charge on any atom is 0.225 e. The van der Waals surface area contributed by atoms with Crippen molar-refractivity contribution < 1.29 is 4.74 Å². The van der Waals surface area contributed by atoms with Gasteiger partial charge in [0.05, 0.1) is 7.11 Å². The third-order valence-corrected chi connectivity index (χ3v) is 5.90. The molecule has 2 heterocycles. The van der Waals surface area contributed by atoms with E-state index in [0.29, 0.717) is 6.04 Å². The van der Waals surface area contributed by atoms with E-state index in [4.69, 9.17) is 9.72 Å². The number of aryl methyl sites for hydroxylation is 1. The van der Waals surface area contributed by atoms with Crippen molar-refractivity contribution in [2.75, 3.05) is 37.4 Å². The second-order valence-electron chi connectivity index (χ2n) is 8.42. The molecule has 32 heavy (non-hydrogen) atoms. The van der Waals surface area contributed by atoms with Crippen molar-refractivity contribution in [1.29, 1.82) is 0 Å². The lowest BCUT2D eigenvalue weighted by Gasteiger charge is -2.32. The molecule has 0 unspecified atom stereocenters. The van der Waals surface area contributed by atoms with Gasteiger partial charge in [-0.1, -0.05) is 42.5 Å². The number of rotatable bonds is 9. The Kier molecular flexibility index (Phi) is 7.56. The number of hydrogen-bond acceptors (Lipinski definition) is 6. The molecule has 0 saturated carbocycles. The highest BCUT2D eigenvalue weighted by Gasteiger charge is 2.20. The van der Waals surface area contributed by atoms with Crippen LogP contribution in [0.25, 0.3) is 0 Å². The molecule has 168 valence electrons. The summed E-state index contributed by atoms with van der Waals surface area (Å²) in [6.07, 6.45) is 3.13. The number of methoxy groups -OCH3 is 1. The van der Waals surface area contributed by atoms with E-state index in [0.717, 1.165) is 68.7 Å². The number of ether oxygens (including phenoxy) is 1. The zero-order chi connectivity index (χ0) is 22.2. The zero-order valence-corrected chi connectivity index (χ0v) is 19.1. The van der Waals surface area contributed by atoms with Crippen LogP contribution in [0.15, 0.2) is 60.7 Å². The predicted molar refractivity (Wildman–Crippen MR) is 130 cm³/mol. The van der Waals surface area contributed by atoms with Crippen molar-refractivity contribution >= 4 is 11.8 Å². The lowest BCUT2D eigenvalue weighted by atomic mass is 10.0. The normalized spacial score (nSPS) is 14.8. The van der Waals surface area contributed by atoms with Crippen molar-refractivity contribution in [3.05, 3.63) is 77.5 Å². The summed E-state index contributed by atoms with van der Waals surface area (Å²) in [6, 6.07) is 21.3. The number of aromatic nitrogens is 2. The molecule has 0 radical (unpaired) electrons. The molecule has 6 nitrogen and oxygen atoms in total. The molecule has 3 aromatic rings. The first kappa shape index (κ1) is 22.1. The molecular formula is C26H33N5O. The topological polar surface area (TPSA) is 62.3 Å². The molecule has 2 N–H and O–H groups in total. The first-order valence-corrected chi connectivity index (χ1v) is 11.4. The predicted octanol–water partition coefficient (Wildman–Crippen LogP) is 4.52. The highest BCUT2D eigenvalue weighted by molar-refractivity contribution is 5.43. The van der Waals surface area contributed by atoms with Gasteiger partial charge in [-0.15, -0.1) is 0 Å². The molecule has 6 heteroatoms. The van der Waals surface area contributed by atoms with Crippen LogP contribution in [0.4, 0.5) is 11.8 Å². The molecule has 0 spiro atoms. The Morgan fingerprint density at radius 1 is 0.969 bits per heavy atom. The van der Waals surface area contributed by atoms with E-state index in [-0.39, 0.29) is 0 Å². The summed E-state index contributed by atoms with van der Waals surface area (Å²) in [7, 11) is 1.69. The van der Waals surface area contributed by atoms with Gasteiger partial charge in [0.2, 0.25) is 5.95 Å². The van der Waals surface area contributed by atoms with E-state index in [9.17, 15) is 0 Å². The van der Waals surface area contributed by atoms with Crippen molar-refractivity contribution in [3.8, 4) is 5.75 Å². The zero-order valence-electron chi connectivity index (χ0n) is 19.1. The van der Waals surface area contributed by atoms with E-state index in [2.05, 4.69) is 63.0 Å². The molecule has 1 aromatic heterocycles. The van der Waals surface area contributed by atoms with Gasteiger partial charge in [-0.25, -0.2) is 4.98 Å². The van der Waals surface area contributed by atoms with E-state index >= 15 is 0 Å². The fourth-order valence-corrected chi connectivity index (χ4v) is 4.11. The van der Waals surface area contributed by atoms with Crippen molar-refractivity contribution in [3.63, 3.8) is 0 Å². The minimum atomic E-state index is 0.413. The lowest BCUT2D eigenvalue weighted by molar-refractivity contribution is 0.211. The SMILES string of the molecule is COc1ccc(CCNc2cc(C)nc(NC3CCN(Cc4ccccc4)CC3)n2)cc1. The fourth-order valence-electron chi connectivity index (χ4n) is 4.11. The summed E-state index contributed by atoms with van der Waals surface area (Å²) >= 11 is 0. The highest BCUT2D eigenvalue weighted by Crippen LogP contribution is 2.18. The van der Waals surface area contributed by atoms with Gasteiger partial charge in [0.15, 0.2) is 0 Å². The average molecular weight is 432 g/mol. The van der Waals surface area contributed by atoms with Crippen LogP contribution in [-0.4, -0.2) is 47.7 Å². The van der Waals surface area contributed by atoms with E-state index in [1.165, 1.54) is 11.1 Å². The van der Waals surface area contributed by atoms with Crippen LogP contribution in [0.1, 0.15) is 29.7 Å². The highest BCUT2D eigenvalue weighted by atomic mass is 16.5. The molecule has 1 aliphatic heterocycles. The van der Waals surface area contributed by atoms with Crippen molar-refractivity contribution in [2.45, 2.75) is 38.8 Å². The molecular weight excluding hydrogens is 398 g/mol. The lowest BCUT2D eigenvalue weighted by Crippen LogP contribution is -2.39. The van der Waals surface area contributed by atoms with E-state index in [1.54, 1.807) is 7.11 Å². The Hall–Kier alpha value is -3.12. The summed E-state index contributed by atoms with van der Waals surface area (Å²) in [5, 5.41) is 7.01. The number of nitrogens with zero attached hydrogens (tertiary/aromatic N) is 3. The van der Waals surface area contributed by atoms with Crippen LogP contribution in [0.5, 0.6) is 5.75 Å². The van der Waals surface area contributed by atoms with Gasteiger partial charge in [0, 0.05) is 44.0 Å². The van der Waals surface area contributed by atoms with E-state index in [1.807, 2.05) is 25.1 Å². The van der Waals surface area contributed by atoms with Gasteiger partial charge in [0.25, 0.3) is 0 Å². The van der Waals surface area contributed by atoms with Gasteiger partial charge in [-0.05, 0) is 49.4 Å². The summed E-state index contributed by atoms with van der Waals surface area (Å²) < 4.78 is 5.22. The van der Waals surface area contributed by atoms with Crippen LogP contribution in [0, 0.1) is 6.92 Å². The molecule has 1 aliphatic rings. The Morgan fingerprint density at radius 3 is 2.44 bits per heavy atom. The number of benzene rings is 2. The number of likely N-dealkylation sites (tertiary alicyclic amines) is 1. The number of hydrogen-bond donors (Lipinski definition) is 2. The van der Waals surface area contributed by atoms with Crippen LogP contribution < -0.4 is 15.4 Å². The van der Waals surface area contributed by atoms with Crippen LogP contribution in [0.3, 0.4) is 0 Å². The average Bonchev–Trinajstić information content (AvgIpc) is 2.81. The summed E-state index contributed by atoms with van der Waals surface area (Å²) in [5.74, 6) is 2.48. The molecule has 0 amide bonds. The Bertz CT molecular complexity index is 969. The first-order valence-electron chi connectivity index (χ1n) is 11.4. The van der Waals surface area contributed by atoms with E-state index < -0.39 is 0 Å². The fraction of sp³-hybridized carbons (Fsp3) is 0.385. The number of piperidine rings is 1. The third kappa shape index (κ3) is 6.44. The number of nitrogens with one attached hydrogen (secondary N) is 2. The molecule has 1 fully saturated rings. The Labute approximate surface area is 191 Å². The molecule has 0 atom stereocenters. The van der Waals surface area contributed by atoms with Crippen LogP contribution in [-0.2, 0) is 13.0 Å². The quantitative estimate of drug-likeness (QED) is 0.519. The minimum absolute atomic E-state index is 0.413. The van der Waals surface area contributed by atoms with Crippen LogP contribution in [0.2, 0.25) is 0 Å². The molecule has 4 rings (SSSR count). The maximum atomic E-state index is 5.22. The largest absolute Gasteiger partial charge is 0.497 e. The smallest absolute Gasteiger partial charge is 0.225 e. The third-order valence-electron chi connectivity index (χ3n) is 5.90. The van der Waals surface area contributed by atoms with Gasteiger partial charge in [-0.3, -0.25) is 4.90 Å². The monoisotopic (exact) mass is 431 g/mol. The van der Waals surface area contributed by atoms with Crippen LogP contribution >= 0.6 is 0 Å². The first-order chi connectivity index (χ1) is 15.7. The Morgan fingerprint density at radius 2 is 1.72 bits per heavy atom. The molecule has 0 bridgehead atoms. The van der Waals surface area contributed by atoms with Crippen molar-refractivity contribution in [2.24, 2.45) is 0 Å². The van der Waals surface area contributed by atoms with Crippen molar-refractivity contribution in [1.82, 2.24) is 14.9 Å². The summed E-state index contributed by atoms with van der Waals surface area (Å²) in [6.45, 7) is 6.04. The molecule has 0 aliphatic carbocycles. The molecule has 2 aromatic carbocycles. The minimum Gasteiger partial charge on any atom is -0.497 e. The molecule has 1 saturated heterocycles. The summed E-state index contributed by atoms with van der Waals surface area (Å²) in [4.78, 5) is 11.8. The maximum absolute atomic E-state index is 5.22. The second-order valence-corrected chi connectivity index (χ2v) is 8.42. The van der Waals surface area contributed by atoms with Gasteiger partial charge < -0.3 is 15.4 Å². The summed E-state index contributed by atoms with van der Waals surface area (Å²) in [5.41, 5.74) is 3.62. The number of anilines is 2. The van der Waals surface area contributed by atoms with Gasteiger partial charge in [0.1, 0.15) is 11.6 Å².